The molecule has 0 spiro atoms. The topological polar surface area (TPSA) is 41.1 Å². The van der Waals surface area contributed by atoms with Crippen LogP contribution in [0.5, 0.6) is 0 Å². The first-order valence-electron chi connectivity index (χ1n) is 6.74. The lowest BCUT2D eigenvalue weighted by Gasteiger charge is -2.15. The molecule has 0 bridgehead atoms. The van der Waals surface area contributed by atoms with Crippen LogP contribution in [0.1, 0.15) is 24.8 Å². The van der Waals surface area contributed by atoms with Crippen molar-refractivity contribution in [3.8, 4) is 0 Å². The molecule has 0 radical (unpaired) electrons. The Labute approximate surface area is 109 Å². The van der Waals surface area contributed by atoms with E-state index in [-0.39, 0.29) is 11.3 Å². The van der Waals surface area contributed by atoms with Crippen LogP contribution in [0.4, 0.5) is 0 Å². The summed E-state index contributed by atoms with van der Waals surface area (Å²) in [7, 11) is 1.93. The summed E-state index contributed by atoms with van der Waals surface area (Å²) in [5.41, 5.74) is 1.15. The van der Waals surface area contributed by atoms with Gasteiger partial charge in [0, 0.05) is 6.54 Å². The van der Waals surface area contributed by atoms with Crippen LogP contribution in [-0.4, -0.2) is 26.0 Å². The lowest BCUT2D eigenvalue weighted by atomic mass is 9.95. The van der Waals surface area contributed by atoms with Crippen molar-refractivity contribution in [2.75, 3.05) is 20.1 Å². The predicted molar refractivity (Wildman–Crippen MR) is 73.4 cm³/mol. The van der Waals surface area contributed by atoms with Gasteiger partial charge in [0.2, 0.25) is 5.91 Å². The Balaban J connectivity index is 1.82. The average Bonchev–Trinajstić information content (AvgIpc) is 3.16. The first-order chi connectivity index (χ1) is 8.77. The van der Waals surface area contributed by atoms with Crippen molar-refractivity contribution in [3.05, 3.63) is 35.9 Å². The Bertz CT molecular complexity index is 385. The fourth-order valence-corrected chi connectivity index (χ4v) is 2.28. The number of amides is 1. The van der Waals surface area contributed by atoms with Crippen molar-refractivity contribution in [1.29, 1.82) is 0 Å². The molecule has 0 aliphatic heterocycles. The minimum absolute atomic E-state index is 0.110. The van der Waals surface area contributed by atoms with Crippen LogP contribution in [0.25, 0.3) is 0 Å². The molecule has 0 unspecified atom stereocenters. The van der Waals surface area contributed by atoms with Crippen molar-refractivity contribution in [2.24, 2.45) is 5.41 Å². The Morgan fingerprint density at radius 1 is 1.22 bits per heavy atom. The van der Waals surface area contributed by atoms with Crippen LogP contribution >= 0.6 is 0 Å². The summed E-state index contributed by atoms with van der Waals surface area (Å²) < 4.78 is 0. The largest absolute Gasteiger partial charge is 0.356 e. The van der Waals surface area contributed by atoms with Crippen molar-refractivity contribution >= 4 is 5.91 Å². The third-order valence-corrected chi connectivity index (χ3v) is 3.61. The van der Waals surface area contributed by atoms with Crippen molar-refractivity contribution < 1.29 is 4.79 Å². The summed E-state index contributed by atoms with van der Waals surface area (Å²) >= 11 is 0. The fourth-order valence-electron chi connectivity index (χ4n) is 2.28. The highest BCUT2D eigenvalue weighted by Gasteiger charge is 2.49. The molecule has 1 aromatic carbocycles. The molecular weight excluding hydrogens is 224 g/mol. The van der Waals surface area contributed by atoms with Gasteiger partial charge in [0.05, 0.1) is 5.41 Å². The second-order valence-electron chi connectivity index (χ2n) is 5.16. The molecule has 1 amide bonds. The number of carbonyl (C=O) groups excluding carboxylic acids is 1. The molecule has 3 nitrogen and oxygen atoms in total. The van der Waals surface area contributed by atoms with E-state index >= 15 is 0 Å². The molecule has 0 aromatic heterocycles. The van der Waals surface area contributed by atoms with Gasteiger partial charge < -0.3 is 10.6 Å². The monoisotopic (exact) mass is 246 g/mol. The van der Waals surface area contributed by atoms with Gasteiger partial charge in [-0.15, -0.1) is 0 Å². The van der Waals surface area contributed by atoms with Crippen LogP contribution < -0.4 is 10.6 Å². The maximum Gasteiger partial charge on any atom is 0.226 e. The molecule has 3 heteroatoms. The van der Waals surface area contributed by atoms with Crippen LogP contribution in [0.2, 0.25) is 0 Å². The van der Waals surface area contributed by atoms with Crippen molar-refractivity contribution in [1.82, 2.24) is 10.6 Å². The lowest BCUT2D eigenvalue weighted by Crippen LogP contribution is -2.34. The predicted octanol–water partition coefficient (Wildman–Crippen LogP) is 1.73. The molecule has 98 valence electrons. The minimum Gasteiger partial charge on any atom is -0.356 e. The first-order valence-corrected chi connectivity index (χ1v) is 6.74. The molecule has 1 aliphatic carbocycles. The Morgan fingerprint density at radius 2 is 1.94 bits per heavy atom. The number of hydrogen-bond acceptors (Lipinski definition) is 2. The van der Waals surface area contributed by atoms with E-state index in [1.807, 2.05) is 25.2 Å². The van der Waals surface area contributed by atoms with E-state index in [1.165, 1.54) is 5.56 Å². The van der Waals surface area contributed by atoms with Gasteiger partial charge in [0.15, 0.2) is 0 Å². The van der Waals surface area contributed by atoms with Crippen molar-refractivity contribution in [3.63, 3.8) is 0 Å². The quantitative estimate of drug-likeness (QED) is 0.719. The summed E-state index contributed by atoms with van der Waals surface area (Å²) in [5.74, 6) is 0.238. The first kappa shape index (κ1) is 13.1. The maximum atomic E-state index is 12.2. The normalized spacial score (nSPS) is 16.3. The van der Waals surface area contributed by atoms with Gasteiger partial charge in [-0.2, -0.15) is 0 Å². The van der Waals surface area contributed by atoms with Gasteiger partial charge in [-0.1, -0.05) is 30.3 Å². The second-order valence-corrected chi connectivity index (χ2v) is 5.16. The Morgan fingerprint density at radius 3 is 2.56 bits per heavy atom. The average molecular weight is 246 g/mol. The standard InChI is InChI=1S/C15H22N2O/c1-16-10-5-11-17-14(18)15(8-9-15)12-13-6-3-2-4-7-13/h2-4,6-7,16H,5,8-12H2,1H3,(H,17,18). The van der Waals surface area contributed by atoms with Gasteiger partial charge in [0.1, 0.15) is 0 Å². The number of nitrogens with one attached hydrogen (secondary N) is 2. The summed E-state index contributed by atoms with van der Waals surface area (Å²) in [6.45, 7) is 1.72. The molecule has 1 saturated carbocycles. The van der Waals surface area contributed by atoms with E-state index in [4.69, 9.17) is 0 Å². The summed E-state index contributed by atoms with van der Waals surface area (Å²) in [4.78, 5) is 12.2. The van der Waals surface area contributed by atoms with E-state index in [9.17, 15) is 4.79 Å². The van der Waals surface area contributed by atoms with E-state index < -0.39 is 0 Å². The molecule has 0 atom stereocenters. The summed E-state index contributed by atoms with van der Waals surface area (Å²) in [6, 6.07) is 10.3. The lowest BCUT2D eigenvalue weighted by molar-refractivity contribution is -0.126. The van der Waals surface area contributed by atoms with Gasteiger partial charge in [0.25, 0.3) is 0 Å². The van der Waals surface area contributed by atoms with Gasteiger partial charge in [-0.05, 0) is 44.8 Å². The third kappa shape index (κ3) is 3.33. The number of rotatable bonds is 7. The SMILES string of the molecule is CNCCCNC(=O)C1(Cc2ccccc2)CC1. The molecular formula is C15H22N2O. The van der Waals surface area contributed by atoms with Gasteiger partial charge in [-0.25, -0.2) is 0 Å². The number of benzene rings is 1. The molecule has 0 saturated heterocycles. The molecule has 1 aliphatic rings. The van der Waals surface area contributed by atoms with E-state index in [0.717, 1.165) is 38.8 Å². The summed E-state index contributed by atoms with van der Waals surface area (Å²) in [5, 5.41) is 6.15. The third-order valence-electron chi connectivity index (χ3n) is 3.61. The molecule has 2 rings (SSSR count). The van der Waals surface area contributed by atoms with Crippen LogP contribution in [-0.2, 0) is 11.2 Å². The van der Waals surface area contributed by atoms with Crippen LogP contribution in [0.3, 0.4) is 0 Å². The zero-order chi connectivity index (χ0) is 12.8. The Hall–Kier alpha value is -1.35. The van der Waals surface area contributed by atoms with Crippen LogP contribution in [0, 0.1) is 5.41 Å². The van der Waals surface area contributed by atoms with E-state index in [1.54, 1.807) is 0 Å². The zero-order valence-corrected chi connectivity index (χ0v) is 11.0. The number of hydrogen-bond donors (Lipinski definition) is 2. The maximum absolute atomic E-state index is 12.2. The highest BCUT2D eigenvalue weighted by atomic mass is 16.2. The van der Waals surface area contributed by atoms with Gasteiger partial charge in [-0.3, -0.25) is 4.79 Å². The minimum atomic E-state index is -0.110. The fraction of sp³-hybridized carbons (Fsp3) is 0.533. The molecule has 18 heavy (non-hydrogen) atoms. The molecule has 0 heterocycles. The zero-order valence-electron chi connectivity index (χ0n) is 11.0. The van der Waals surface area contributed by atoms with E-state index in [2.05, 4.69) is 22.8 Å². The second kappa shape index (κ2) is 6.01. The number of carbonyl (C=O) groups is 1. The highest BCUT2D eigenvalue weighted by molar-refractivity contribution is 5.85. The highest BCUT2D eigenvalue weighted by Crippen LogP contribution is 2.48. The summed E-state index contributed by atoms with van der Waals surface area (Å²) in [6.07, 6.45) is 3.93. The smallest absolute Gasteiger partial charge is 0.226 e. The van der Waals surface area contributed by atoms with E-state index in [0.29, 0.717) is 0 Å². The van der Waals surface area contributed by atoms with Crippen LogP contribution in [0.15, 0.2) is 30.3 Å². The molecule has 2 N–H and O–H groups in total. The molecule has 1 fully saturated rings. The van der Waals surface area contributed by atoms with Gasteiger partial charge >= 0.3 is 0 Å². The Kier molecular flexibility index (Phi) is 4.37. The van der Waals surface area contributed by atoms with Crippen molar-refractivity contribution in [2.45, 2.75) is 25.7 Å². The molecule has 1 aromatic rings.